The average molecular weight is 299 g/mol. The Morgan fingerprint density at radius 1 is 1.14 bits per heavy atom. The molecule has 0 bridgehead atoms. The lowest BCUT2D eigenvalue weighted by molar-refractivity contribution is 0.140. The topological polar surface area (TPSA) is 55.5 Å². The van der Waals surface area contributed by atoms with E-state index in [-0.39, 0.29) is 5.41 Å². The molecule has 0 aliphatic carbocycles. The van der Waals surface area contributed by atoms with Crippen LogP contribution in [0.2, 0.25) is 0 Å². The van der Waals surface area contributed by atoms with Crippen LogP contribution >= 0.6 is 0 Å². The molecule has 0 aliphatic rings. The largest absolute Gasteiger partial charge is 0.496 e. The Hall–Kier alpha value is -1.84. The van der Waals surface area contributed by atoms with E-state index in [9.17, 15) is 5.11 Å². The molecular formula is C19H25NO2. The van der Waals surface area contributed by atoms with E-state index in [1.807, 2.05) is 30.3 Å². The van der Waals surface area contributed by atoms with Crippen molar-refractivity contribution >= 4 is 0 Å². The number of rotatable bonds is 6. The number of aliphatic hydroxyl groups excluding tert-OH is 1. The van der Waals surface area contributed by atoms with Gasteiger partial charge in [0.1, 0.15) is 12.0 Å². The number of aryl methyl sites for hydroxylation is 1. The van der Waals surface area contributed by atoms with Gasteiger partial charge in [-0.2, -0.15) is 0 Å². The number of hydrogen-bond acceptors (Lipinski definition) is 3. The molecule has 0 fully saturated rings. The van der Waals surface area contributed by atoms with Crippen molar-refractivity contribution in [2.75, 3.05) is 7.11 Å². The van der Waals surface area contributed by atoms with Crippen LogP contribution in [0.15, 0.2) is 48.5 Å². The van der Waals surface area contributed by atoms with Crippen molar-refractivity contribution in [3.8, 4) is 5.75 Å². The van der Waals surface area contributed by atoms with Crippen LogP contribution in [0.4, 0.5) is 0 Å². The lowest BCUT2D eigenvalue weighted by Crippen LogP contribution is -2.35. The van der Waals surface area contributed by atoms with Crippen LogP contribution in [-0.4, -0.2) is 18.4 Å². The summed E-state index contributed by atoms with van der Waals surface area (Å²) in [5, 5.41) is 9.79. The average Bonchev–Trinajstić information content (AvgIpc) is 2.47. The first-order valence-electron chi connectivity index (χ1n) is 7.58. The summed E-state index contributed by atoms with van der Waals surface area (Å²) >= 11 is 0. The SMILES string of the molecule is COc1ccccc1CC(C)(C[C@H](N)O)c1ccccc1C. The molecule has 0 radical (unpaired) electrons. The third-order valence-electron chi connectivity index (χ3n) is 4.23. The van der Waals surface area contributed by atoms with Crippen LogP contribution in [0.5, 0.6) is 5.75 Å². The summed E-state index contributed by atoms with van der Waals surface area (Å²) in [6, 6.07) is 16.3. The zero-order valence-electron chi connectivity index (χ0n) is 13.5. The molecule has 2 aromatic carbocycles. The Bertz CT molecular complexity index is 624. The third kappa shape index (κ3) is 3.67. The van der Waals surface area contributed by atoms with Crippen molar-refractivity contribution in [1.82, 2.24) is 0 Å². The molecule has 2 aromatic rings. The van der Waals surface area contributed by atoms with Gasteiger partial charge < -0.3 is 15.6 Å². The summed E-state index contributed by atoms with van der Waals surface area (Å²) in [7, 11) is 1.68. The van der Waals surface area contributed by atoms with Gasteiger partial charge in [0.15, 0.2) is 0 Å². The van der Waals surface area contributed by atoms with E-state index in [0.29, 0.717) is 6.42 Å². The van der Waals surface area contributed by atoms with Gasteiger partial charge in [-0.25, -0.2) is 0 Å². The van der Waals surface area contributed by atoms with Gasteiger partial charge in [0, 0.05) is 5.41 Å². The first-order chi connectivity index (χ1) is 10.5. The highest BCUT2D eigenvalue weighted by atomic mass is 16.5. The van der Waals surface area contributed by atoms with Crippen LogP contribution in [0.25, 0.3) is 0 Å². The predicted octanol–water partition coefficient (Wildman–Crippen LogP) is 3.17. The Kier molecular flexibility index (Phi) is 5.22. The summed E-state index contributed by atoms with van der Waals surface area (Å²) in [5.74, 6) is 0.869. The highest BCUT2D eigenvalue weighted by Gasteiger charge is 2.31. The summed E-state index contributed by atoms with van der Waals surface area (Å²) < 4.78 is 5.47. The second kappa shape index (κ2) is 6.95. The molecule has 2 atom stereocenters. The quantitative estimate of drug-likeness (QED) is 0.806. The fourth-order valence-electron chi connectivity index (χ4n) is 3.26. The highest BCUT2D eigenvalue weighted by molar-refractivity contribution is 5.39. The van der Waals surface area contributed by atoms with Crippen LogP contribution in [0.3, 0.4) is 0 Å². The Morgan fingerprint density at radius 3 is 2.41 bits per heavy atom. The number of hydrogen-bond donors (Lipinski definition) is 2. The molecule has 0 heterocycles. The molecule has 0 amide bonds. The number of methoxy groups -OCH3 is 1. The van der Waals surface area contributed by atoms with Crippen molar-refractivity contribution in [2.45, 2.75) is 38.3 Å². The molecule has 3 N–H and O–H groups in total. The summed E-state index contributed by atoms with van der Waals surface area (Å²) in [4.78, 5) is 0. The Balaban J connectivity index is 2.44. The number of aliphatic hydroxyl groups is 1. The molecule has 1 unspecified atom stereocenters. The van der Waals surface area contributed by atoms with Gasteiger partial charge in [-0.05, 0) is 42.5 Å². The molecule has 3 nitrogen and oxygen atoms in total. The van der Waals surface area contributed by atoms with E-state index in [1.54, 1.807) is 7.11 Å². The highest BCUT2D eigenvalue weighted by Crippen LogP contribution is 2.36. The van der Waals surface area contributed by atoms with Crippen LogP contribution in [0.1, 0.15) is 30.0 Å². The molecule has 2 rings (SSSR count). The van der Waals surface area contributed by atoms with Gasteiger partial charge in [-0.3, -0.25) is 0 Å². The number of ether oxygens (including phenoxy) is 1. The smallest absolute Gasteiger partial charge is 0.122 e. The summed E-state index contributed by atoms with van der Waals surface area (Å²) in [5.41, 5.74) is 9.00. The number of para-hydroxylation sites is 1. The van der Waals surface area contributed by atoms with Crippen LogP contribution < -0.4 is 10.5 Å². The van der Waals surface area contributed by atoms with E-state index in [4.69, 9.17) is 10.5 Å². The molecular weight excluding hydrogens is 274 g/mol. The van der Waals surface area contributed by atoms with Gasteiger partial charge in [0.2, 0.25) is 0 Å². The minimum absolute atomic E-state index is 0.256. The Labute approximate surface area is 132 Å². The second-order valence-corrected chi connectivity index (χ2v) is 6.14. The summed E-state index contributed by atoms with van der Waals surface area (Å²) in [6.45, 7) is 4.25. The molecule has 22 heavy (non-hydrogen) atoms. The van der Waals surface area contributed by atoms with Crippen molar-refractivity contribution in [2.24, 2.45) is 5.73 Å². The first-order valence-corrected chi connectivity index (χ1v) is 7.58. The molecule has 0 saturated heterocycles. The zero-order valence-corrected chi connectivity index (χ0v) is 13.5. The van der Waals surface area contributed by atoms with Crippen LogP contribution in [0, 0.1) is 6.92 Å². The predicted molar refractivity (Wildman–Crippen MR) is 90.0 cm³/mol. The summed E-state index contributed by atoms with van der Waals surface area (Å²) in [6.07, 6.45) is 0.408. The number of benzene rings is 2. The first kappa shape index (κ1) is 16.5. The molecule has 0 saturated carbocycles. The maximum absolute atomic E-state index is 9.79. The molecule has 0 spiro atoms. The monoisotopic (exact) mass is 299 g/mol. The minimum atomic E-state index is -0.848. The normalized spacial score (nSPS) is 15.1. The third-order valence-corrected chi connectivity index (χ3v) is 4.23. The molecule has 3 heteroatoms. The van der Waals surface area contributed by atoms with Crippen molar-refractivity contribution in [1.29, 1.82) is 0 Å². The van der Waals surface area contributed by atoms with Crippen molar-refractivity contribution < 1.29 is 9.84 Å². The van der Waals surface area contributed by atoms with Gasteiger partial charge in [0.05, 0.1) is 7.11 Å². The minimum Gasteiger partial charge on any atom is -0.496 e. The van der Waals surface area contributed by atoms with Gasteiger partial charge >= 0.3 is 0 Å². The number of nitrogens with two attached hydrogens (primary N) is 1. The fourth-order valence-corrected chi connectivity index (χ4v) is 3.26. The standard InChI is InChI=1S/C19H25NO2/c1-14-8-4-6-10-16(14)19(2,13-18(20)21)12-15-9-5-7-11-17(15)22-3/h4-11,18,21H,12-13,20H2,1-3H3/t18-,19?/m1/s1. The maximum atomic E-state index is 9.79. The van der Waals surface area contributed by atoms with E-state index in [2.05, 4.69) is 32.0 Å². The van der Waals surface area contributed by atoms with Gasteiger partial charge in [-0.15, -0.1) is 0 Å². The van der Waals surface area contributed by atoms with Crippen molar-refractivity contribution in [3.05, 3.63) is 65.2 Å². The Morgan fingerprint density at radius 2 is 1.77 bits per heavy atom. The van der Waals surface area contributed by atoms with E-state index in [0.717, 1.165) is 17.7 Å². The zero-order chi connectivity index (χ0) is 16.2. The molecule has 0 aromatic heterocycles. The van der Waals surface area contributed by atoms with E-state index < -0.39 is 6.23 Å². The van der Waals surface area contributed by atoms with Gasteiger partial charge in [0.25, 0.3) is 0 Å². The molecule has 0 aliphatic heterocycles. The lowest BCUT2D eigenvalue weighted by atomic mass is 9.72. The van der Waals surface area contributed by atoms with Crippen LogP contribution in [-0.2, 0) is 11.8 Å². The molecule has 118 valence electrons. The fraction of sp³-hybridized carbons (Fsp3) is 0.368. The van der Waals surface area contributed by atoms with E-state index >= 15 is 0 Å². The van der Waals surface area contributed by atoms with E-state index in [1.165, 1.54) is 11.1 Å². The maximum Gasteiger partial charge on any atom is 0.122 e. The lowest BCUT2D eigenvalue weighted by Gasteiger charge is -2.33. The second-order valence-electron chi connectivity index (χ2n) is 6.14. The van der Waals surface area contributed by atoms with Gasteiger partial charge in [-0.1, -0.05) is 49.4 Å². The van der Waals surface area contributed by atoms with Crippen molar-refractivity contribution in [3.63, 3.8) is 0 Å².